The summed E-state index contributed by atoms with van der Waals surface area (Å²) < 4.78 is 45.1. The van der Waals surface area contributed by atoms with Crippen molar-refractivity contribution in [1.82, 2.24) is 20.3 Å². The van der Waals surface area contributed by atoms with Crippen LogP contribution in [0.5, 0.6) is 5.75 Å². The second kappa shape index (κ2) is 14.0. The zero-order valence-corrected chi connectivity index (χ0v) is 31.4. The van der Waals surface area contributed by atoms with Crippen LogP contribution in [0.25, 0.3) is 10.8 Å². The monoisotopic (exact) mass is 738 g/mol. The number of fused-ring (bicyclic) bond motifs is 5. The van der Waals surface area contributed by atoms with E-state index in [2.05, 4.69) is 28.0 Å². The van der Waals surface area contributed by atoms with E-state index in [4.69, 9.17) is 14.2 Å². The molecule has 2 aromatic rings. The van der Waals surface area contributed by atoms with Crippen molar-refractivity contribution in [3.63, 3.8) is 0 Å². The topological polar surface area (TPSA) is 169 Å². The Bertz CT molecular complexity index is 1890. The maximum Gasteiger partial charge on any atom is 0.407 e. The normalized spacial score (nSPS) is 28.4. The zero-order valence-electron chi connectivity index (χ0n) is 30.6. The van der Waals surface area contributed by atoms with Crippen molar-refractivity contribution in [1.29, 1.82) is 0 Å². The average Bonchev–Trinajstić information content (AvgIpc) is 4.03. The molecule has 14 heteroatoms. The summed E-state index contributed by atoms with van der Waals surface area (Å²) in [6.07, 6.45) is 4.92. The van der Waals surface area contributed by atoms with Gasteiger partial charge in [-0.1, -0.05) is 39.0 Å². The van der Waals surface area contributed by atoms with Gasteiger partial charge in [0.1, 0.15) is 29.0 Å². The first-order valence-corrected chi connectivity index (χ1v) is 19.5. The second-order valence-electron chi connectivity index (χ2n) is 15.7. The Labute approximate surface area is 305 Å². The molecule has 52 heavy (non-hydrogen) atoms. The second-order valence-corrected chi connectivity index (χ2v) is 17.6. The predicted octanol–water partition coefficient (Wildman–Crippen LogP) is 3.83. The molecular formula is C38H50N4O9S. The van der Waals surface area contributed by atoms with Gasteiger partial charge in [0.2, 0.25) is 21.8 Å². The van der Waals surface area contributed by atoms with Gasteiger partial charge in [0.15, 0.2) is 0 Å². The number of ether oxygens (including phenoxy) is 3. The number of rotatable bonds is 8. The van der Waals surface area contributed by atoms with E-state index in [0.717, 1.165) is 46.9 Å². The lowest BCUT2D eigenvalue weighted by Crippen LogP contribution is -2.60. The lowest BCUT2D eigenvalue weighted by atomic mass is 9.85. The Hall–Kier alpha value is -4.17. The van der Waals surface area contributed by atoms with Crippen LogP contribution >= 0.6 is 0 Å². The van der Waals surface area contributed by atoms with Crippen LogP contribution in [0, 0.1) is 11.3 Å². The number of benzene rings is 2. The SMILES string of the molecule is C=C[C@@H]1C[C@]1(NC(=O)[C@@H]1C[C@]2(OC)CN1C(=O)[C@H](C(C)(C)C)NC(=O)OCCCCCc1cc3cc2ccc3cc1OC)C(=O)NS(=O)(=O)C1CC1. The number of hydrogen-bond donors (Lipinski definition) is 3. The maximum atomic E-state index is 14.7. The van der Waals surface area contributed by atoms with E-state index < -0.39 is 73.6 Å². The zero-order chi connectivity index (χ0) is 37.6. The van der Waals surface area contributed by atoms with E-state index in [-0.39, 0.29) is 26.0 Å². The minimum absolute atomic E-state index is 0.0216. The number of carbonyl (C=O) groups excluding carboxylic acids is 4. The number of cyclic esters (lactones) is 1. The summed E-state index contributed by atoms with van der Waals surface area (Å²) in [6, 6.07) is 7.72. The number of carbonyl (C=O) groups is 4. The quantitative estimate of drug-likeness (QED) is 0.341. The molecule has 5 atom stereocenters. The lowest BCUT2D eigenvalue weighted by Gasteiger charge is -2.36. The van der Waals surface area contributed by atoms with Crippen molar-refractivity contribution >= 4 is 44.6 Å². The summed E-state index contributed by atoms with van der Waals surface area (Å²) in [5, 5.41) is 6.86. The Kier molecular flexibility index (Phi) is 10.1. The van der Waals surface area contributed by atoms with Crippen LogP contribution in [0.4, 0.5) is 4.79 Å². The van der Waals surface area contributed by atoms with E-state index in [1.165, 1.54) is 18.1 Å². The molecule has 0 radical (unpaired) electrons. The van der Waals surface area contributed by atoms with Gasteiger partial charge in [-0.2, -0.15) is 0 Å². The fourth-order valence-electron chi connectivity index (χ4n) is 7.56. The van der Waals surface area contributed by atoms with E-state index >= 15 is 0 Å². The third-order valence-electron chi connectivity index (χ3n) is 11.0. The van der Waals surface area contributed by atoms with Gasteiger partial charge in [0, 0.05) is 19.4 Å². The first-order chi connectivity index (χ1) is 24.6. The molecule has 6 rings (SSSR count). The third-order valence-corrected chi connectivity index (χ3v) is 12.8. The first-order valence-electron chi connectivity index (χ1n) is 18.0. The minimum atomic E-state index is -3.90. The fraction of sp³-hybridized carbons (Fsp3) is 0.579. The van der Waals surface area contributed by atoms with E-state index in [1.807, 2.05) is 45.0 Å². The van der Waals surface area contributed by atoms with Gasteiger partial charge in [-0.15, -0.1) is 6.58 Å². The molecule has 2 aromatic carbocycles. The lowest BCUT2D eigenvalue weighted by molar-refractivity contribution is -0.143. The van der Waals surface area contributed by atoms with Crippen molar-refractivity contribution in [2.45, 2.75) is 101 Å². The van der Waals surface area contributed by atoms with Crippen LogP contribution in [0.2, 0.25) is 0 Å². The first kappa shape index (κ1) is 37.6. The number of amides is 4. The Morgan fingerprint density at radius 3 is 2.44 bits per heavy atom. The summed E-state index contributed by atoms with van der Waals surface area (Å²) in [4.78, 5) is 57.2. The van der Waals surface area contributed by atoms with Gasteiger partial charge in [-0.3, -0.25) is 19.1 Å². The van der Waals surface area contributed by atoms with Gasteiger partial charge in [-0.05, 0) is 90.5 Å². The maximum absolute atomic E-state index is 14.7. The van der Waals surface area contributed by atoms with Crippen molar-refractivity contribution in [3.8, 4) is 5.75 Å². The molecule has 2 aliphatic heterocycles. The smallest absolute Gasteiger partial charge is 0.407 e. The summed E-state index contributed by atoms with van der Waals surface area (Å²) in [7, 11) is -0.727. The highest BCUT2D eigenvalue weighted by atomic mass is 32.2. The van der Waals surface area contributed by atoms with Gasteiger partial charge in [-0.25, -0.2) is 13.2 Å². The molecule has 4 amide bonds. The molecule has 2 heterocycles. The van der Waals surface area contributed by atoms with Crippen molar-refractivity contribution in [2.24, 2.45) is 11.3 Å². The standard InChI is InChI=1S/C38H50N4O9S/c1-7-26-20-38(26,34(45)41-52(47,48)28-14-15-28)40-32(43)29-21-37(50-6)22-42(29)33(44)31(36(2,3)4)39-35(46)51-16-10-8-9-11-24-17-25-18-27(37)13-12-23(25)19-30(24)49-5/h7,12-13,17-19,26,28-29,31H,1,8-11,14-16,20-22H2,2-6H3,(H,39,46)(H,40,43)(H,41,45)/t26-,29+,31-,37+,38-/m1/s1. The van der Waals surface area contributed by atoms with Crippen LogP contribution in [-0.4, -0.2) is 87.4 Å². The van der Waals surface area contributed by atoms with Gasteiger partial charge < -0.3 is 29.7 Å². The molecule has 5 bridgehead atoms. The predicted molar refractivity (Wildman–Crippen MR) is 194 cm³/mol. The Morgan fingerprint density at radius 1 is 1.06 bits per heavy atom. The number of aryl methyl sites for hydroxylation is 1. The number of nitrogens with zero attached hydrogens (tertiary/aromatic N) is 1. The van der Waals surface area contributed by atoms with E-state index in [9.17, 15) is 27.6 Å². The van der Waals surface area contributed by atoms with Crippen LogP contribution in [0.1, 0.15) is 76.8 Å². The van der Waals surface area contributed by atoms with Crippen LogP contribution in [0.3, 0.4) is 0 Å². The number of hydrogen-bond acceptors (Lipinski definition) is 9. The molecule has 0 aromatic heterocycles. The molecule has 3 fully saturated rings. The Balaban J connectivity index is 1.41. The fourth-order valence-corrected chi connectivity index (χ4v) is 8.92. The number of methoxy groups -OCH3 is 2. The van der Waals surface area contributed by atoms with Crippen molar-refractivity contribution in [2.75, 3.05) is 27.4 Å². The molecule has 0 unspecified atom stereocenters. The minimum Gasteiger partial charge on any atom is -0.496 e. The molecule has 3 N–H and O–H groups in total. The highest BCUT2D eigenvalue weighted by Gasteiger charge is 2.62. The molecular weight excluding hydrogens is 689 g/mol. The molecule has 1 saturated heterocycles. The van der Waals surface area contributed by atoms with Crippen molar-refractivity contribution in [3.05, 3.63) is 54.1 Å². The van der Waals surface area contributed by atoms with E-state index in [0.29, 0.717) is 19.3 Å². The summed E-state index contributed by atoms with van der Waals surface area (Å²) in [5.74, 6) is -1.75. The van der Waals surface area contributed by atoms with Crippen molar-refractivity contribution < 1.29 is 41.8 Å². The summed E-state index contributed by atoms with van der Waals surface area (Å²) in [6.45, 7) is 9.35. The average molecular weight is 739 g/mol. The molecule has 2 saturated carbocycles. The van der Waals surface area contributed by atoms with Crippen LogP contribution in [-0.2, 0) is 45.9 Å². The third kappa shape index (κ3) is 7.23. The number of sulfonamides is 1. The Morgan fingerprint density at radius 2 is 1.81 bits per heavy atom. The summed E-state index contributed by atoms with van der Waals surface area (Å²) >= 11 is 0. The highest BCUT2D eigenvalue weighted by Crippen LogP contribution is 2.47. The molecule has 282 valence electrons. The number of alkyl carbamates (subject to hydrolysis) is 1. The van der Waals surface area contributed by atoms with E-state index in [1.54, 1.807) is 7.11 Å². The molecule has 0 spiro atoms. The molecule has 2 aliphatic carbocycles. The van der Waals surface area contributed by atoms with Gasteiger partial charge in [0.25, 0.3) is 5.91 Å². The van der Waals surface area contributed by atoms with Gasteiger partial charge in [0.05, 0.1) is 25.5 Å². The molecule has 13 nitrogen and oxygen atoms in total. The van der Waals surface area contributed by atoms with Crippen LogP contribution in [0.15, 0.2) is 43.0 Å². The molecule has 4 aliphatic rings. The summed E-state index contributed by atoms with van der Waals surface area (Å²) in [5.41, 5.74) is -1.74. The van der Waals surface area contributed by atoms with Crippen LogP contribution < -0.4 is 20.1 Å². The number of nitrogens with one attached hydrogen (secondary N) is 3. The van der Waals surface area contributed by atoms with Gasteiger partial charge >= 0.3 is 6.09 Å². The highest BCUT2D eigenvalue weighted by molar-refractivity contribution is 7.91. The largest absolute Gasteiger partial charge is 0.496 e.